The molecule has 0 saturated carbocycles. The Hall–Kier alpha value is 1.16. The van der Waals surface area contributed by atoms with Gasteiger partial charge in [-0.1, -0.05) is 20.0 Å². The number of allylic oxidation sites excluding steroid dienone is 4. The van der Waals surface area contributed by atoms with Crippen LogP contribution in [0.5, 0.6) is 0 Å². The van der Waals surface area contributed by atoms with E-state index in [0.717, 1.165) is 15.9 Å². The van der Waals surface area contributed by atoms with Crippen LogP contribution in [0.4, 0.5) is 0 Å². The molecule has 4 heteroatoms. The van der Waals surface area contributed by atoms with Gasteiger partial charge in [0.25, 0.3) is 0 Å². The molecule has 0 atom stereocenters. The van der Waals surface area contributed by atoms with Gasteiger partial charge in [-0.3, -0.25) is 6.08 Å². The van der Waals surface area contributed by atoms with Crippen LogP contribution in [0.3, 0.4) is 0 Å². The van der Waals surface area contributed by atoms with Crippen LogP contribution in [-0.4, -0.2) is 9.52 Å². The predicted octanol–water partition coefficient (Wildman–Crippen LogP) is -3.39. The number of halogens is 2. The van der Waals surface area contributed by atoms with Gasteiger partial charge in [0.2, 0.25) is 0 Å². The van der Waals surface area contributed by atoms with Gasteiger partial charge in [0.1, 0.15) is 0 Å². The maximum atomic E-state index is 3.19. The van der Waals surface area contributed by atoms with Crippen molar-refractivity contribution in [2.75, 3.05) is 0 Å². The maximum Gasteiger partial charge on any atom is 3.00 e. The zero-order valence-electron chi connectivity index (χ0n) is 8.62. The van der Waals surface area contributed by atoms with Crippen molar-refractivity contribution in [3.8, 4) is 0 Å². The molecule has 0 amide bonds. The molecule has 0 nitrogen and oxygen atoms in total. The van der Waals surface area contributed by atoms with Gasteiger partial charge in [0.15, 0.2) is 0 Å². The Morgan fingerprint density at radius 2 is 1.62 bits per heavy atom. The fourth-order valence-electron chi connectivity index (χ4n) is 0.650. The van der Waals surface area contributed by atoms with E-state index >= 15 is 0 Å². The van der Waals surface area contributed by atoms with Crippen LogP contribution in [0.1, 0.15) is 20.3 Å². The van der Waals surface area contributed by atoms with Crippen molar-refractivity contribution in [2.45, 2.75) is 33.4 Å². The molecule has 1 aliphatic rings. The molecule has 0 spiro atoms. The Labute approximate surface area is 116 Å². The van der Waals surface area contributed by atoms with Crippen LogP contribution in [0.25, 0.3) is 0 Å². The summed E-state index contributed by atoms with van der Waals surface area (Å²) in [7, 11) is 0.750. The molecule has 0 heterocycles. The van der Waals surface area contributed by atoms with Gasteiger partial charge >= 0.3 is 26.2 Å². The second kappa shape index (κ2) is 15.6. The van der Waals surface area contributed by atoms with E-state index in [2.05, 4.69) is 39.1 Å². The summed E-state index contributed by atoms with van der Waals surface area (Å²) in [5.41, 5.74) is 2.71. The van der Waals surface area contributed by atoms with Gasteiger partial charge in [0, 0.05) is 9.52 Å². The predicted molar refractivity (Wildman–Crippen MR) is 49.7 cm³/mol. The van der Waals surface area contributed by atoms with Crippen LogP contribution < -0.4 is 24.8 Å². The van der Waals surface area contributed by atoms with E-state index in [-0.39, 0.29) is 51.0 Å². The minimum Gasteiger partial charge on any atom is -1.00 e. The first kappa shape index (κ1) is 23.8. The molecule has 74 valence electrons. The van der Waals surface area contributed by atoms with Crippen molar-refractivity contribution in [1.29, 1.82) is 0 Å². The van der Waals surface area contributed by atoms with E-state index in [0.29, 0.717) is 0 Å². The van der Waals surface area contributed by atoms with Crippen LogP contribution in [0, 0.1) is 6.08 Å². The minimum absolute atomic E-state index is 0. The Kier molecular flexibility index (Phi) is 28.6. The Balaban J connectivity index is -0.0000000615. The van der Waals surface area contributed by atoms with E-state index in [9.17, 15) is 0 Å². The van der Waals surface area contributed by atoms with E-state index in [1.54, 1.807) is 0 Å². The summed E-state index contributed by atoms with van der Waals surface area (Å²) in [6.45, 7) is 8.63. The molecule has 0 fully saturated rings. The van der Waals surface area contributed by atoms with Gasteiger partial charge in [-0.15, -0.1) is 13.3 Å². The van der Waals surface area contributed by atoms with E-state index in [1.807, 2.05) is 0 Å². The second-order valence-corrected chi connectivity index (χ2v) is 3.63. The smallest absolute Gasteiger partial charge is 1.00 e. The van der Waals surface area contributed by atoms with Crippen LogP contribution in [-0.2, 0) is 26.2 Å². The molecule has 0 saturated heterocycles. The molecule has 13 heavy (non-hydrogen) atoms. The molecule has 0 bridgehead atoms. The maximum absolute atomic E-state index is 3.19. The third kappa shape index (κ3) is 13.2. The van der Waals surface area contributed by atoms with E-state index in [4.69, 9.17) is 0 Å². The zero-order valence-corrected chi connectivity index (χ0v) is 13.7. The normalized spacial score (nSPS) is 11.7. The van der Waals surface area contributed by atoms with Crippen molar-refractivity contribution in [3.05, 3.63) is 23.3 Å². The van der Waals surface area contributed by atoms with Crippen molar-refractivity contribution in [3.63, 3.8) is 0 Å². The molecule has 1 aliphatic carbocycles. The first-order valence-electron chi connectivity index (χ1n) is 3.71. The first-order valence-corrected chi connectivity index (χ1v) is 6.01. The summed E-state index contributed by atoms with van der Waals surface area (Å²) >= 11 is 0. The van der Waals surface area contributed by atoms with Gasteiger partial charge < -0.3 is 24.8 Å². The monoisotopic (exact) mass is 312 g/mol. The Morgan fingerprint density at radius 3 is 1.69 bits per heavy atom. The standard InChI is InChI=1S/C7H9.C2H7Si.2ClH.Zr/c1-6-4-3-5-7(6)2;1-3-2;;;/h4H,3H2,1-2H3;3H,1-2H3;2*1H;/q-1;;;;+3/p-2. The fourth-order valence-corrected chi connectivity index (χ4v) is 0.650. The number of hydrogen-bond acceptors (Lipinski definition) is 0. The van der Waals surface area contributed by atoms with E-state index in [1.165, 1.54) is 11.1 Å². The van der Waals surface area contributed by atoms with E-state index < -0.39 is 0 Å². The van der Waals surface area contributed by atoms with Crippen LogP contribution in [0.2, 0.25) is 13.1 Å². The third-order valence-electron chi connectivity index (χ3n) is 1.37. The summed E-state index contributed by atoms with van der Waals surface area (Å²) in [5.74, 6) is 0. The van der Waals surface area contributed by atoms with Crippen molar-refractivity contribution in [2.24, 2.45) is 0 Å². The molecule has 0 N–H and O–H groups in total. The largest absolute Gasteiger partial charge is 3.00 e. The van der Waals surface area contributed by atoms with Crippen molar-refractivity contribution >= 4 is 9.52 Å². The Morgan fingerprint density at radius 1 is 1.23 bits per heavy atom. The summed E-state index contributed by atoms with van der Waals surface area (Å²) in [6, 6.07) is 0. The molecule has 1 rings (SSSR count). The second-order valence-electron chi connectivity index (χ2n) is 2.47. The molecule has 0 aromatic heterocycles. The quantitative estimate of drug-likeness (QED) is 0.323. The topological polar surface area (TPSA) is 0 Å². The average molecular weight is 314 g/mol. The molecule has 0 aromatic rings. The minimum atomic E-state index is 0. The molecular formula is C9H16Cl2SiZr. The summed E-state index contributed by atoms with van der Waals surface area (Å²) in [5, 5.41) is 0. The van der Waals surface area contributed by atoms with Crippen LogP contribution >= 0.6 is 0 Å². The van der Waals surface area contributed by atoms with Gasteiger partial charge in [-0.25, -0.2) is 11.1 Å². The zero-order chi connectivity index (χ0) is 7.98. The number of rotatable bonds is 0. The average Bonchev–Trinajstić information content (AvgIpc) is 2.19. The Bertz CT molecular complexity index is 140. The molecular weight excluding hydrogens is 298 g/mol. The molecule has 0 aromatic carbocycles. The van der Waals surface area contributed by atoms with Gasteiger partial charge in [-0.05, 0) is 0 Å². The van der Waals surface area contributed by atoms with Crippen molar-refractivity contribution < 1.29 is 51.0 Å². The summed E-state index contributed by atoms with van der Waals surface area (Å²) < 4.78 is 0. The van der Waals surface area contributed by atoms with Crippen molar-refractivity contribution in [1.82, 2.24) is 0 Å². The molecule has 0 aliphatic heterocycles. The third-order valence-corrected chi connectivity index (χ3v) is 1.37. The van der Waals surface area contributed by atoms with Gasteiger partial charge in [0.05, 0.1) is 0 Å². The molecule has 0 unspecified atom stereocenters. The first-order chi connectivity index (χ1) is 4.72. The summed E-state index contributed by atoms with van der Waals surface area (Å²) in [4.78, 5) is 0. The summed E-state index contributed by atoms with van der Waals surface area (Å²) in [6.07, 6.45) is 6.41. The fraction of sp³-hybridized carbons (Fsp3) is 0.556. The van der Waals surface area contributed by atoms with Crippen LogP contribution in [0.15, 0.2) is 17.2 Å². The number of hydrogen-bond donors (Lipinski definition) is 0. The molecule has 2 radical (unpaired) electrons. The SMILES string of the molecule is CC1=[C-]CC=C1C.C[SiH]C.[Cl-].[Cl-].[Zr+3]. The van der Waals surface area contributed by atoms with Gasteiger partial charge in [-0.2, -0.15) is 6.08 Å².